The molecule has 0 saturated carbocycles. The predicted octanol–water partition coefficient (Wildman–Crippen LogP) is 3.73. The van der Waals surface area contributed by atoms with Gasteiger partial charge in [0.2, 0.25) is 0 Å². The zero-order chi connectivity index (χ0) is 9.40. The van der Waals surface area contributed by atoms with Crippen molar-refractivity contribution in [3.8, 4) is 0 Å². The van der Waals surface area contributed by atoms with Gasteiger partial charge in [-0.1, -0.05) is 26.0 Å². The lowest BCUT2D eigenvalue weighted by atomic mass is 10.1. The zero-order valence-electron chi connectivity index (χ0n) is 8.43. The van der Waals surface area contributed by atoms with Crippen molar-refractivity contribution in [2.75, 3.05) is 0 Å². The second-order valence-corrected chi connectivity index (χ2v) is 2.96. The molecule has 0 aliphatic rings. The van der Waals surface area contributed by atoms with Crippen molar-refractivity contribution in [3.05, 3.63) is 23.9 Å². The fraction of sp³-hybridized carbons (Fsp3) is 0.545. The van der Waals surface area contributed by atoms with E-state index in [0.717, 1.165) is 12.1 Å². The van der Waals surface area contributed by atoms with Gasteiger partial charge in [-0.3, -0.25) is 4.99 Å². The third-order valence-electron chi connectivity index (χ3n) is 1.64. The Morgan fingerprint density at radius 3 is 2.58 bits per heavy atom. The molecule has 1 nitrogen and oxygen atoms in total. The van der Waals surface area contributed by atoms with Gasteiger partial charge >= 0.3 is 0 Å². The molecule has 0 unspecified atom stereocenters. The fourth-order valence-corrected chi connectivity index (χ4v) is 0.857. The quantitative estimate of drug-likeness (QED) is 0.550. The monoisotopic (exact) mass is 165 g/mol. The van der Waals surface area contributed by atoms with Gasteiger partial charge in [0.25, 0.3) is 0 Å². The minimum Gasteiger partial charge on any atom is -0.262 e. The van der Waals surface area contributed by atoms with Crippen LogP contribution < -0.4 is 0 Å². The number of allylic oxidation sites excluding steroid dienone is 3. The molecule has 0 aliphatic carbocycles. The van der Waals surface area contributed by atoms with Crippen LogP contribution in [-0.2, 0) is 0 Å². The van der Waals surface area contributed by atoms with Crippen LogP contribution in [0.25, 0.3) is 0 Å². The highest BCUT2D eigenvalue weighted by atomic mass is 14.7. The highest BCUT2D eigenvalue weighted by molar-refractivity contribution is 5.79. The largest absolute Gasteiger partial charge is 0.262 e. The average molecular weight is 165 g/mol. The Hall–Kier alpha value is -0.850. The van der Waals surface area contributed by atoms with Crippen LogP contribution >= 0.6 is 0 Å². The molecule has 0 bridgehead atoms. The molecule has 12 heavy (non-hydrogen) atoms. The van der Waals surface area contributed by atoms with Crippen molar-refractivity contribution in [1.29, 1.82) is 0 Å². The zero-order valence-corrected chi connectivity index (χ0v) is 8.43. The smallest absolute Gasteiger partial charge is 0.0301 e. The molecular formula is C11H19N. The molecule has 0 amide bonds. The summed E-state index contributed by atoms with van der Waals surface area (Å²) in [7, 11) is 0. The van der Waals surface area contributed by atoms with Crippen molar-refractivity contribution >= 4 is 6.21 Å². The average Bonchev–Trinajstić information content (AvgIpc) is 2.05. The van der Waals surface area contributed by atoms with E-state index in [4.69, 9.17) is 0 Å². The van der Waals surface area contributed by atoms with E-state index in [1.165, 1.54) is 18.4 Å². The lowest BCUT2D eigenvalue weighted by molar-refractivity contribution is 0.803. The minimum atomic E-state index is 0.867. The molecule has 0 rings (SSSR count). The normalized spacial score (nSPS) is 12.4. The van der Waals surface area contributed by atoms with E-state index >= 15 is 0 Å². The van der Waals surface area contributed by atoms with Gasteiger partial charge in [0.15, 0.2) is 0 Å². The summed E-state index contributed by atoms with van der Waals surface area (Å²) < 4.78 is 0. The first kappa shape index (κ1) is 11.2. The van der Waals surface area contributed by atoms with Gasteiger partial charge < -0.3 is 0 Å². The molecule has 0 heterocycles. The summed E-state index contributed by atoms with van der Waals surface area (Å²) in [6.07, 6.45) is 7.63. The maximum atomic E-state index is 4.16. The standard InChI is InChI=1S/C11H19N/c1-5-7-8-11(6-2)9-12-10(3)4/h6,9H,3,5,7-8H2,1-2,4H3/b11-6-,12-9?. The molecule has 0 saturated heterocycles. The molecule has 1 heteroatoms. The Bertz CT molecular complexity index is 187. The fourth-order valence-electron chi connectivity index (χ4n) is 0.857. The lowest BCUT2D eigenvalue weighted by Gasteiger charge is -1.98. The van der Waals surface area contributed by atoms with Crippen LogP contribution in [0.1, 0.15) is 40.0 Å². The number of nitrogens with zero attached hydrogens (tertiary/aromatic N) is 1. The van der Waals surface area contributed by atoms with Crippen LogP contribution in [0.2, 0.25) is 0 Å². The van der Waals surface area contributed by atoms with Gasteiger partial charge in [0.1, 0.15) is 0 Å². The number of rotatable bonds is 5. The Balaban J connectivity index is 3.92. The van der Waals surface area contributed by atoms with Crippen molar-refractivity contribution in [2.45, 2.75) is 40.0 Å². The van der Waals surface area contributed by atoms with E-state index in [2.05, 4.69) is 31.5 Å². The molecule has 0 spiro atoms. The van der Waals surface area contributed by atoms with Crippen molar-refractivity contribution < 1.29 is 0 Å². The predicted molar refractivity (Wildman–Crippen MR) is 56.6 cm³/mol. The molecule has 0 fully saturated rings. The minimum absolute atomic E-state index is 0.867. The molecule has 0 aromatic rings. The summed E-state index contributed by atoms with van der Waals surface area (Å²) in [6.45, 7) is 9.87. The van der Waals surface area contributed by atoms with Crippen LogP contribution in [0, 0.1) is 0 Å². The molecule has 0 aromatic heterocycles. The van der Waals surface area contributed by atoms with Gasteiger partial charge in [-0.05, 0) is 32.3 Å². The molecule has 0 aliphatic heterocycles. The maximum absolute atomic E-state index is 4.16. The molecule has 0 atom stereocenters. The molecule has 0 N–H and O–H groups in total. The van der Waals surface area contributed by atoms with Gasteiger partial charge in [0, 0.05) is 11.9 Å². The Morgan fingerprint density at radius 1 is 1.50 bits per heavy atom. The van der Waals surface area contributed by atoms with Crippen LogP contribution in [0.5, 0.6) is 0 Å². The van der Waals surface area contributed by atoms with Gasteiger partial charge in [-0.2, -0.15) is 0 Å². The summed E-state index contributed by atoms with van der Waals surface area (Å²) >= 11 is 0. The highest BCUT2D eigenvalue weighted by Gasteiger charge is 1.90. The number of unbranched alkanes of at least 4 members (excludes halogenated alkanes) is 1. The Morgan fingerprint density at radius 2 is 2.17 bits per heavy atom. The second kappa shape index (κ2) is 6.84. The molecule has 0 aromatic carbocycles. The number of hydrogen-bond acceptors (Lipinski definition) is 1. The molecular weight excluding hydrogens is 146 g/mol. The molecule has 68 valence electrons. The van der Waals surface area contributed by atoms with Gasteiger partial charge in [-0.25, -0.2) is 0 Å². The van der Waals surface area contributed by atoms with Crippen LogP contribution in [0.4, 0.5) is 0 Å². The van der Waals surface area contributed by atoms with Crippen LogP contribution in [-0.4, -0.2) is 6.21 Å². The summed E-state index contributed by atoms with van der Waals surface area (Å²) in [5, 5.41) is 0. The Kier molecular flexibility index (Phi) is 6.35. The van der Waals surface area contributed by atoms with E-state index in [9.17, 15) is 0 Å². The summed E-state index contributed by atoms with van der Waals surface area (Å²) in [5.74, 6) is 0. The summed E-state index contributed by atoms with van der Waals surface area (Å²) in [4.78, 5) is 4.16. The SMILES string of the molecule is C=C(C)N=C/C(=C\C)CCCC. The first-order valence-corrected chi connectivity index (χ1v) is 4.55. The van der Waals surface area contributed by atoms with E-state index < -0.39 is 0 Å². The van der Waals surface area contributed by atoms with Crippen molar-refractivity contribution in [1.82, 2.24) is 0 Å². The summed E-state index contributed by atoms with van der Waals surface area (Å²) in [6, 6.07) is 0. The maximum Gasteiger partial charge on any atom is 0.0301 e. The first-order valence-electron chi connectivity index (χ1n) is 4.55. The van der Waals surface area contributed by atoms with Crippen LogP contribution in [0.15, 0.2) is 28.9 Å². The Labute approximate surface area is 75.9 Å². The summed E-state index contributed by atoms with van der Waals surface area (Å²) in [5.41, 5.74) is 2.17. The second-order valence-electron chi connectivity index (χ2n) is 2.96. The lowest BCUT2D eigenvalue weighted by Crippen LogP contribution is -1.85. The van der Waals surface area contributed by atoms with Gasteiger partial charge in [0.05, 0.1) is 0 Å². The first-order chi connectivity index (χ1) is 5.70. The highest BCUT2D eigenvalue weighted by Crippen LogP contribution is 2.05. The number of aliphatic imine (C=N–C) groups is 1. The van der Waals surface area contributed by atoms with Gasteiger partial charge in [-0.15, -0.1) is 0 Å². The van der Waals surface area contributed by atoms with E-state index in [1.807, 2.05) is 13.1 Å². The number of hydrogen-bond donors (Lipinski definition) is 0. The molecule has 0 radical (unpaired) electrons. The van der Waals surface area contributed by atoms with E-state index in [0.29, 0.717) is 0 Å². The van der Waals surface area contributed by atoms with E-state index in [-0.39, 0.29) is 0 Å². The van der Waals surface area contributed by atoms with Crippen molar-refractivity contribution in [2.24, 2.45) is 4.99 Å². The topological polar surface area (TPSA) is 12.4 Å². The third-order valence-corrected chi connectivity index (χ3v) is 1.64. The third kappa shape index (κ3) is 5.90. The van der Waals surface area contributed by atoms with Crippen LogP contribution in [0.3, 0.4) is 0 Å². The van der Waals surface area contributed by atoms with E-state index in [1.54, 1.807) is 0 Å². The van der Waals surface area contributed by atoms with Crippen molar-refractivity contribution in [3.63, 3.8) is 0 Å².